The molecule has 0 unspecified atom stereocenters. The Morgan fingerprint density at radius 3 is 2.40 bits per heavy atom. The average Bonchev–Trinajstić information content (AvgIpc) is 3.00. The van der Waals surface area contributed by atoms with Crippen molar-refractivity contribution in [3.05, 3.63) is 39.4 Å². The molecule has 1 aliphatic heterocycles. The number of phenolic OH excluding ortho intramolecular Hbond substituents is 1. The number of aliphatic hydroxyl groups is 3. The third kappa shape index (κ3) is 3.97. The number of carbonyl (C=O) groups is 4. The zero-order valence-corrected chi connectivity index (χ0v) is 24.0. The van der Waals surface area contributed by atoms with Crippen molar-refractivity contribution in [2.45, 2.75) is 57.3 Å². The van der Waals surface area contributed by atoms with Gasteiger partial charge in [-0.2, -0.15) is 0 Å². The Morgan fingerprint density at radius 1 is 1.19 bits per heavy atom. The lowest BCUT2D eigenvalue weighted by molar-refractivity contribution is -0.153. The van der Waals surface area contributed by atoms with Crippen LogP contribution in [0.4, 0.5) is 10.1 Å². The minimum atomic E-state index is -2.80. The molecular weight excluding hydrogens is 551 g/mol. The zero-order valence-electron chi connectivity index (χ0n) is 24.0. The normalized spacial score (nSPS) is 29.7. The van der Waals surface area contributed by atoms with Gasteiger partial charge >= 0.3 is 0 Å². The molecule has 4 aliphatic rings. The number of amides is 2. The van der Waals surface area contributed by atoms with Crippen molar-refractivity contribution in [1.82, 2.24) is 9.80 Å². The van der Waals surface area contributed by atoms with Crippen LogP contribution in [0.3, 0.4) is 0 Å². The lowest BCUT2D eigenvalue weighted by Crippen LogP contribution is -2.65. The number of phenols is 1. The highest BCUT2D eigenvalue weighted by Gasteiger charge is 2.64. The highest BCUT2D eigenvalue weighted by atomic mass is 19.1. The molecule has 5 atom stereocenters. The van der Waals surface area contributed by atoms with Crippen LogP contribution in [-0.2, 0) is 32.1 Å². The predicted molar refractivity (Wildman–Crippen MR) is 148 cm³/mol. The van der Waals surface area contributed by atoms with Crippen LogP contribution in [0.5, 0.6) is 5.75 Å². The Kier molecular flexibility index (Phi) is 6.99. The zero-order chi connectivity index (χ0) is 31.2. The van der Waals surface area contributed by atoms with Crippen LogP contribution in [0.1, 0.15) is 43.4 Å². The number of nitrogens with zero attached hydrogens (tertiary/aromatic N) is 2. The summed E-state index contributed by atoms with van der Waals surface area (Å²) < 4.78 is 16.3. The molecule has 12 nitrogen and oxygen atoms in total. The molecule has 0 spiro atoms. The first-order valence-electron chi connectivity index (χ1n) is 13.8. The molecule has 1 heterocycles. The first-order chi connectivity index (χ1) is 19.5. The summed E-state index contributed by atoms with van der Waals surface area (Å²) in [7, 11) is 4.67. The van der Waals surface area contributed by atoms with E-state index in [1.807, 2.05) is 13.8 Å². The van der Waals surface area contributed by atoms with Crippen LogP contribution >= 0.6 is 0 Å². The number of fused-ring (bicyclic) bond motifs is 4. The number of carbonyl (C=O) groups excluding carboxylic acids is 4. The summed E-state index contributed by atoms with van der Waals surface area (Å²) in [6, 6.07) is -1.86. The van der Waals surface area contributed by atoms with E-state index in [4.69, 9.17) is 5.73 Å². The molecule has 42 heavy (non-hydrogen) atoms. The molecule has 2 amide bonds. The Bertz CT molecular complexity index is 1520. The van der Waals surface area contributed by atoms with Crippen LogP contribution in [0.2, 0.25) is 0 Å². The highest BCUT2D eigenvalue weighted by molar-refractivity contribution is 6.24. The third-order valence-electron chi connectivity index (χ3n) is 9.11. The maximum atomic E-state index is 16.3. The number of hydrogen-bond donors (Lipinski definition) is 6. The second kappa shape index (κ2) is 9.89. The summed E-state index contributed by atoms with van der Waals surface area (Å²) in [5.41, 5.74) is 0.527. The lowest BCUT2D eigenvalue weighted by atomic mass is 9.57. The maximum absolute atomic E-state index is 16.3. The Labute approximate surface area is 241 Å². The smallest absolute Gasteiger partial charge is 0.255 e. The van der Waals surface area contributed by atoms with Crippen LogP contribution in [0.15, 0.2) is 16.9 Å². The summed E-state index contributed by atoms with van der Waals surface area (Å²) >= 11 is 0. The molecule has 0 saturated heterocycles. The van der Waals surface area contributed by atoms with E-state index in [-0.39, 0.29) is 42.1 Å². The monoisotopic (exact) mass is 586 g/mol. The largest absolute Gasteiger partial charge is 0.508 e. The number of anilines is 1. The molecule has 3 aliphatic carbocycles. The quantitative estimate of drug-likeness (QED) is 0.218. The Hall–Kier alpha value is -3.81. The molecule has 7 N–H and O–H groups in total. The van der Waals surface area contributed by atoms with Gasteiger partial charge in [-0.3, -0.25) is 29.0 Å². The van der Waals surface area contributed by atoms with Gasteiger partial charge in [0, 0.05) is 29.2 Å². The first-order valence-corrected chi connectivity index (χ1v) is 13.8. The van der Waals surface area contributed by atoms with E-state index >= 15 is 4.39 Å². The van der Waals surface area contributed by atoms with Gasteiger partial charge in [-0.1, -0.05) is 13.8 Å². The van der Waals surface area contributed by atoms with Crippen LogP contribution in [-0.4, -0.2) is 92.4 Å². The van der Waals surface area contributed by atoms with Gasteiger partial charge in [0.2, 0.25) is 11.7 Å². The lowest BCUT2D eigenvalue weighted by Gasteiger charge is -2.50. The molecule has 1 saturated carbocycles. The Morgan fingerprint density at radius 2 is 1.83 bits per heavy atom. The minimum absolute atomic E-state index is 0.0206. The fraction of sp³-hybridized carbons (Fsp3) is 0.517. The number of primary amides is 1. The van der Waals surface area contributed by atoms with E-state index < -0.39 is 92.7 Å². The summed E-state index contributed by atoms with van der Waals surface area (Å²) in [5, 5.41) is 48.0. The van der Waals surface area contributed by atoms with Gasteiger partial charge in [0.25, 0.3) is 5.91 Å². The second-order valence-corrected chi connectivity index (χ2v) is 12.4. The van der Waals surface area contributed by atoms with Gasteiger partial charge in [-0.15, -0.1) is 0 Å². The van der Waals surface area contributed by atoms with Crippen molar-refractivity contribution in [2.24, 2.45) is 23.5 Å². The van der Waals surface area contributed by atoms with E-state index in [1.165, 1.54) is 19.0 Å². The van der Waals surface area contributed by atoms with Crippen molar-refractivity contribution in [3.8, 4) is 5.75 Å². The van der Waals surface area contributed by atoms with Gasteiger partial charge < -0.3 is 31.5 Å². The number of hydrogen-bond acceptors (Lipinski definition) is 10. The number of aromatic hydroxyl groups is 1. The van der Waals surface area contributed by atoms with Gasteiger partial charge in [-0.25, -0.2) is 4.39 Å². The third-order valence-corrected chi connectivity index (χ3v) is 9.11. The SMILES string of the molecule is CC(C)C[C@@H]1C(=O)Nc2c(O)c3c(c(F)c2CN1C)C[C@H]1C[C@H]2[C@H](N(C)C)C(=O)C(C(N)=O)=C(O)[C@@]2(O)C(=O)C1=C3O. The van der Waals surface area contributed by atoms with E-state index in [1.54, 1.807) is 11.9 Å². The molecule has 13 heteroatoms. The summed E-state index contributed by atoms with van der Waals surface area (Å²) in [6.07, 6.45) is 0.130. The second-order valence-electron chi connectivity index (χ2n) is 12.4. The molecule has 0 radical (unpaired) electrons. The number of likely N-dealkylation sites (N-methyl/N-ethyl adjacent to an activating group) is 2. The molecule has 0 aromatic heterocycles. The molecule has 226 valence electrons. The molecule has 1 aromatic carbocycles. The molecular formula is C29H35FN4O8. The van der Waals surface area contributed by atoms with Crippen molar-refractivity contribution < 1.29 is 44.0 Å². The van der Waals surface area contributed by atoms with Crippen molar-refractivity contribution in [3.63, 3.8) is 0 Å². The molecule has 1 aromatic rings. The summed E-state index contributed by atoms with van der Waals surface area (Å²) in [5.74, 6) is -9.34. The average molecular weight is 587 g/mol. The van der Waals surface area contributed by atoms with Crippen LogP contribution < -0.4 is 11.1 Å². The number of benzene rings is 1. The summed E-state index contributed by atoms with van der Waals surface area (Å²) in [4.78, 5) is 55.5. The molecule has 5 rings (SSSR count). The van der Waals surface area contributed by atoms with Gasteiger partial charge in [-0.05, 0) is 52.2 Å². The standard InChI is InChI=1S/C29H35FN4O8/c1-10(2)6-15-28(41)32-20-13(9-34(15)5)19(30)12-7-11-8-14-21(33(3)4)24(37)18(27(31)40)26(39)29(14,42)25(38)16(11)22(35)17(12)23(20)36/h10-11,14-15,21,35-36,39,42H,6-9H2,1-5H3,(H2,31,40)(H,32,41)/t11-,14-,15+,21-,29-/m0/s1. The van der Waals surface area contributed by atoms with Crippen molar-refractivity contribution >= 4 is 34.8 Å². The van der Waals surface area contributed by atoms with Crippen molar-refractivity contribution in [2.75, 3.05) is 26.5 Å². The van der Waals surface area contributed by atoms with E-state index in [2.05, 4.69) is 5.32 Å². The number of rotatable bonds is 4. The fourth-order valence-corrected chi connectivity index (χ4v) is 7.17. The fourth-order valence-electron chi connectivity index (χ4n) is 7.17. The summed E-state index contributed by atoms with van der Waals surface area (Å²) in [6.45, 7) is 3.86. The van der Waals surface area contributed by atoms with Gasteiger partial charge in [0.1, 0.15) is 22.9 Å². The van der Waals surface area contributed by atoms with Crippen LogP contribution in [0, 0.1) is 23.6 Å². The number of nitrogens with two attached hydrogens (primary N) is 1. The number of nitrogens with one attached hydrogen (secondary N) is 1. The van der Waals surface area contributed by atoms with E-state index in [0.29, 0.717) is 6.42 Å². The van der Waals surface area contributed by atoms with Gasteiger partial charge in [0.05, 0.1) is 23.3 Å². The van der Waals surface area contributed by atoms with Gasteiger partial charge in [0.15, 0.2) is 17.1 Å². The number of halogens is 1. The predicted octanol–water partition coefficient (Wildman–Crippen LogP) is 0.902. The van der Waals surface area contributed by atoms with Crippen molar-refractivity contribution in [1.29, 1.82) is 0 Å². The maximum Gasteiger partial charge on any atom is 0.255 e. The number of Topliss-reactive ketones (excluding diaryl/α,β-unsaturated/α-hetero) is 2. The van der Waals surface area contributed by atoms with Crippen LogP contribution in [0.25, 0.3) is 5.76 Å². The number of aliphatic hydroxyl groups excluding tert-OH is 2. The topological polar surface area (TPSA) is 194 Å². The van der Waals surface area contributed by atoms with E-state index in [9.17, 15) is 39.6 Å². The Balaban J connectivity index is 1.70. The molecule has 1 fully saturated rings. The number of ketones is 2. The molecule has 0 bridgehead atoms. The highest BCUT2D eigenvalue weighted by Crippen LogP contribution is 2.54. The minimum Gasteiger partial charge on any atom is -0.508 e. The van der Waals surface area contributed by atoms with E-state index in [0.717, 1.165) is 0 Å². The first kappa shape index (κ1) is 29.7.